The lowest BCUT2D eigenvalue weighted by Gasteiger charge is -2.66. The molecular formula is C35H48O12. The van der Waals surface area contributed by atoms with E-state index in [0.29, 0.717) is 37.0 Å². The highest BCUT2D eigenvalue weighted by molar-refractivity contribution is 5.92. The van der Waals surface area contributed by atoms with Gasteiger partial charge in [-0.2, -0.15) is 0 Å². The van der Waals surface area contributed by atoms with Gasteiger partial charge in [-0.3, -0.25) is 9.59 Å². The molecule has 4 N–H and O–H groups in total. The number of aliphatic hydroxyl groups excluding tert-OH is 4. The van der Waals surface area contributed by atoms with Crippen LogP contribution in [0.15, 0.2) is 16.7 Å². The quantitative estimate of drug-likeness (QED) is 0.163. The molecule has 47 heavy (non-hydrogen) atoms. The van der Waals surface area contributed by atoms with Crippen molar-refractivity contribution in [1.82, 2.24) is 0 Å². The summed E-state index contributed by atoms with van der Waals surface area (Å²) in [7, 11) is 0. The minimum Gasteiger partial charge on any atom is -0.469 e. The number of fused-ring (bicyclic) bond motifs is 1. The molecule has 0 radical (unpaired) electrons. The second-order valence-corrected chi connectivity index (χ2v) is 15.9. The van der Waals surface area contributed by atoms with Gasteiger partial charge in [0, 0.05) is 34.8 Å². The van der Waals surface area contributed by atoms with Crippen LogP contribution in [0.3, 0.4) is 0 Å². The lowest BCUT2D eigenvalue weighted by Crippen LogP contribution is -2.76. The lowest BCUT2D eigenvalue weighted by molar-refractivity contribution is -0.252. The standard InChI is InChI=1S/C35H48O12/c1-31(2)26-25(40)27(41)33(4)22(34(26)17-44-24(39)15-23(34)46-31)9-11-32(3)28(45-30(42)29-35(32,33)47-29)19-10-13-43-21(19)14-18(20(38)16-37)8-6-5-7-12-36/h10,13,18,20,22-23,26-29,36-38,41H,5-9,11-12,14-17H2,1-4H3/t18-,20+,22-,23-,26+,27+,28-,29+,32-,33-,34-,35+/m0/s1. The van der Waals surface area contributed by atoms with Gasteiger partial charge < -0.3 is 43.8 Å². The number of furan rings is 1. The highest BCUT2D eigenvalue weighted by atomic mass is 16.7. The Morgan fingerprint density at radius 3 is 2.51 bits per heavy atom. The molecular weight excluding hydrogens is 612 g/mol. The zero-order chi connectivity index (χ0) is 33.7. The third-order valence-electron chi connectivity index (χ3n) is 13.3. The monoisotopic (exact) mass is 660 g/mol. The molecule has 12 heteroatoms. The number of unbranched alkanes of at least 4 members (excludes halogenated alkanes) is 2. The van der Waals surface area contributed by atoms with E-state index in [4.69, 9.17) is 23.4 Å². The van der Waals surface area contributed by atoms with E-state index < -0.39 is 76.5 Å². The molecule has 1 aromatic rings. The molecule has 0 amide bonds. The van der Waals surface area contributed by atoms with Crippen LogP contribution in [0.1, 0.15) is 90.1 Å². The molecule has 1 aromatic heterocycles. The van der Waals surface area contributed by atoms with E-state index in [-0.39, 0.29) is 49.6 Å². The zero-order valence-corrected chi connectivity index (χ0v) is 27.6. The Morgan fingerprint density at radius 2 is 1.79 bits per heavy atom. The van der Waals surface area contributed by atoms with Gasteiger partial charge in [0.1, 0.15) is 30.2 Å². The first kappa shape index (κ1) is 33.2. The second-order valence-electron chi connectivity index (χ2n) is 15.9. The fraction of sp³-hybridized carbons (Fsp3) is 0.800. The molecule has 7 rings (SSSR count). The number of cyclic esters (lactones) is 2. The van der Waals surface area contributed by atoms with Gasteiger partial charge in [0.05, 0.1) is 43.0 Å². The van der Waals surface area contributed by atoms with Crippen molar-refractivity contribution >= 4 is 17.7 Å². The summed E-state index contributed by atoms with van der Waals surface area (Å²) >= 11 is 0. The van der Waals surface area contributed by atoms with Crippen LogP contribution in [0.4, 0.5) is 0 Å². The summed E-state index contributed by atoms with van der Waals surface area (Å²) in [5, 5.41) is 41.8. The molecule has 4 saturated heterocycles. The molecule has 6 fully saturated rings. The van der Waals surface area contributed by atoms with Crippen LogP contribution in [0.5, 0.6) is 0 Å². The SMILES string of the molecule is CC1(C)O[C@H]2CC(=O)OC[C@@]23[C@@H]1C(=O)[C@@H](O)[C@]1(C)[C@@H]3CC[C@@]2(C)[C@H](c3ccoc3C[C@H](CCCCCO)[C@H](O)CO)OC(=O)[C@H]3O[C@@]312. The Hall–Kier alpha value is -2.35. The number of hydrogen-bond acceptors (Lipinski definition) is 12. The number of Topliss-reactive ketones (excluding diaryl/α,β-unsaturated/α-hetero) is 1. The number of ether oxygens (including phenoxy) is 4. The summed E-state index contributed by atoms with van der Waals surface area (Å²) in [6.45, 7) is 7.18. The largest absolute Gasteiger partial charge is 0.469 e. The minimum absolute atomic E-state index is 0.00654. The average molecular weight is 661 g/mol. The van der Waals surface area contributed by atoms with Crippen molar-refractivity contribution in [3.8, 4) is 0 Å². The van der Waals surface area contributed by atoms with Gasteiger partial charge in [-0.1, -0.05) is 26.7 Å². The fourth-order valence-electron chi connectivity index (χ4n) is 11.3. The van der Waals surface area contributed by atoms with Crippen molar-refractivity contribution < 1.29 is 58.2 Å². The van der Waals surface area contributed by atoms with E-state index in [0.717, 1.165) is 12.8 Å². The van der Waals surface area contributed by atoms with Crippen molar-refractivity contribution in [3.05, 3.63) is 23.7 Å². The normalized spacial score (nSPS) is 44.2. The first-order chi connectivity index (χ1) is 22.2. The van der Waals surface area contributed by atoms with E-state index in [9.17, 15) is 34.8 Å². The van der Waals surface area contributed by atoms with E-state index in [1.54, 1.807) is 6.07 Å². The molecule has 12 nitrogen and oxygen atoms in total. The predicted octanol–water partition coefficient (Wildman–Crippen LogP) is 2.17. The van der Waals surface area contributed by atoms with Gasteiger partial charge in [-0.25, -0.2) is 4.79 Å². The maximum Gasteiger partial charge on any atom is 0.339 e. The summed E-state index contributed by atoms with van der Waals surface area (Å²) in [4.78, 5) is 40.7. The van der Waals surface area contributed by atoms with E-state index in [1.807, 2.05) is 27.7 Å². The van der Waals surface area contributed by atoms with Gasteiger partial charge in [-0.05, 0) is 57.4 Å². The van der Waals surface area contributed by atoms with E-state index >= 15 is 0 Å². The van der Waals surface area contributed by atoms with Gasteiger partial charge in [0.15, 0.2) is 11.9 Å². The van der Waals surface area contributed by atoms with Crippen LogP contribution >= 0.6 is 0 Å². The molecule has 2 aliphatic carbocycles. The average Bonchev–Trinajstić information content (AvgIpc) is 3.58. The summed E-state index contributed by atoms with van der Waals surface area (Å²) < 4.78 is 30.8. The molecule has 260 valence electrons. The number of hydrogen-bond donors (Lipinski definition) is 4. The predicted molar refractivity (Wildman–Crippen MR) is 161 cm³/mol. The van der Waals surface area contributed by atoms with Crippen LogP contribution < -0.4 is 0 Å². The number of carbonyl (C=O) groups is 3. The fourth-order valence-corrected chi connectivity index (χ4v) is 11.3. The minimum atomic E-state index is -1.47. The summed E-state index contributed by atoms with van der Waals surface area (Å²) in [6.07, 6.45) is 0.788. The lowest BCUT2D eigenvalue weighted by atomic mass is 9.36. The first-order valence-electron chi connectivity index (χ1n) is 17.1. The number of ketones is 1. The molecule has 0 unspecified atom stereocenters. The maximum atomic E-state index is 14.4. The number of rotatable bonds is 10. The van der Waals surface area contributed by atoms with E-state index in [2.05, 4.69) is 0 Å². The maximum absolute atomic E-state index is 14.4. The van der Waals surface area contributed by atoms with Crippen molar-refractivity contribution in [3.63, 3.8) is 0 Å². The molecule has 0 bridgehead atoms. The number of carbonyl (C=O) groups excluding carboxylic acids is 3. The molecule has 12 atom stereocenters. The van der Waals surface area contributed by atoms with Crippen LogP contribution in [0, 0.1) is 34.0 Å². The third-order valence-corrected chi connectivity index (χ3v) is 13.3. The Bertz CT molecular complexity index is 1440. The Balaban J connectivity index is 1.27. The van der Waals surface area contributed by atoms with Crippen LogP contribution in [0.2, 0.25) is 0 Å². The Morgan fingerprint density at radius 1 is 1.02 bits per heavy atom. The third kappa shape index (κ3) is 4.24. The molecule has 6 aliphatic rings. The zero-order valence-electron chi connectivity index (χ0n) is 27.6. The second kappa shape index (κ2) is 11.1. The molecule has 2 spiro atoms. The Labute approximate surface area is 274 Å². The molecule has 2 saturated carbocycles. The van der Waals surface area contributed by atoms with Crippen molar-refractivity contribution in [2.24, 2.45) is 34.0 Å². The smallest absolute Gasteiger partial charge is 0.339 e. The van der Waals surface area contributed by atoms with Gasteiger partial charge in [-0.15, -0.1) is 0 Å². The van der Waals surface area contributed by atoms with Crippen molar-refractivity contribution in [2.45, 2.75) is 121 Å². The first-order valence-corrected chi connectivity index (χ1v) is 17.1. The van der Waals surface area contributed by atoms with Crippen molar-refractivity contribution in [1.29, 1.82) is 0 Å². The van der Waals surface area contributed by atoms with Crippen LogP contribution in [-0.4, -0.2) is 93.6 Å². The Kier molecular flexibility index (Phi) is 7.82. The molecule has 5 heterocycles. The molecule has 4 aliphatic heterocycles. The number of aliphatic hydroxyl groups is 4. The number of esters is 2. The van der Waals surface area contributed by atoms with Gasteiger partial charge in [0.2, 0.25) is 0 Å². The van der Waals surface area contributed by atoms with Crippen molar-refractivity contribution in [2.75, 3.05) is 19.8 Å². The summed E-state index contributed by atoms with van der Waals surface area (Å²) in [5.74, 6) is -2.25. The van der Waals surface area contributed by atoms with Gasteiger partial charge >= 0.3 is 11.9 Å². The van der Waals surface area contributed by atoms with Gasteiger partial charge in [0.25, 0.3) is 0 Å². The summed E-state index contributed by atoms with van der Waals surface area (Å²) in [5.41, 5.74) is -4.59. The van der Waals surface area contributed by atoms with Crippen LogP contribution in [-0.2, 0) is 39.8 Å². The molecule has 0 aromatic carbocycles. The summed E-state index contributed by atoms with van der Waals surface area (Å²) in [6, 6.07) is 1.76. The van der Waals surface area contributed by atoms with Crippen LogP contribution in [0.25, 0.3) is 0 Å². The number of epoxide rings is 1. The van der Waals surface area contributed by atoms with E-state index in [1.165, 1.54) is 6.26 Å². The highest BCUT2D eigenvalue weighted by Crippen LogP contribution is 2.80. The highest BCUT2D eigenvalue weighted by Gasteiger charge is 2.90. The topological polar surface area (TPSA) is 185 Å².